The van der Waals surface area contributed by atoms with Crippen LogP contribution in [-0.4, -0.2) is 5.91 Å². The zero-order valence-corrected chi connectivity index (χ0v) is 13.1. The number of amides is 1. The Bertz CT molecular complexity index is 647. The average Bonchev–Trinajstić information content (AvgIpc) is 2.41. The van der Waals surface area contributed by atoms with Crippen LogP contribution in [0, 0.1) is 0 Å². The van der Waals surface area contributed by atoms with Crippen LogP contribution in [-0.2, 0) is 4.79 Å². The van der Waals surface area contributed by atoms with Gasteiger partial charge in [-0.05, 0) is 36.3 Å². The fourth-order valence-corrected chi connectivity index (χ4v) is 2.38. The number of nitrogens with one attached hydrogen (secondary N) is 1. The third-order valence-electron chi connectivity index (χ3n) is 2.90. The summed E-state index contributed by atoms with van der Waals surface area (Å²) >= 11 is 3.48. The van der Waals surface area contributed by atoms with Crippen LogP contribution in [0.1, 0.15) is 25.0 Å². The highest BCUT2D eigenvalue weighted by molar-refractivity contribution is 9.10. The van der Waals surface area contributed by atoms with Gasteiger partial charge in [0, 0.05) is 22.6 Å². The van der Waals surface area contributed by atoms with E-state index in [4.69, 9.17) is 0 Å². The summed E-state index contributed by atoms with van der Waals surface area (Å²) in [6.07, 6.45) is 2.10. The predicted octanol–water partition coefficient (Wildman–Crippen LogP) is 4.97. The Labute approximate surface area is 127 Å². The van der Waals surface area contributed by atoms with Crippen LogP contribution in [0.3, 0.4) is 0 Å². The minimum absolute atomic E-state index is 0.0684. The molecule has 0 aliphatic rings. The van der Waals surface area contributed by atoms with Crippen molar-refractivity contribution in [2.75, 3.05) is 5.32 Å². The molecule has 0 saturated carbocycles. The van der Waals surface area contributed by atoms with E-state index in [0.717, 1.165) is 26.9 Å². The number of carbonyl (C=O) groups is 1. The second-order valence-corrected chi connectivity index (χ2v) is 5.52. The lowest BCUT2D eigenvalue weighted by Gasteiger charge is -2.11. The molecule has 102 valence electrons. The molecule has 0 spiro atoms. The summed E-state index contributed by atoms with van der Waals surface area (Å²) in [5, 5.41) is 2.87. The Kier molecular flexibility index (Phi) is 4.74. The van der Waals surface area contributed by atoms with E-state index < -0.39 is 0 Å². The van der Waals surface area contributed by atoms with Crippen LogP contribution in [0.4, 0.5) is 5.69 Å². The summed E-state index contributed by atoms with van der Waals surface area (Å²) in [5.41, 5.74) is 4.07. The normalized spacial score (nSPS) is 11.2. The minimum atomic E-state index is -0.0684. The lowest BCUT2D eigenvalue weighted by molar-refractivity contribution is -0.114. The smallest absolute Gasteiger partial charge is 0.221 e. The molecule has 2 rings (SSSR count). The summed E-state index contributed by atoms with van der Waals surface area (Å²) in [5.74, 6) is -0.0684. The van der Waals surface area contributed by atoms with Gasteiger partial charge in [-0.1, -0.05) is 52.3 Å². The van der Waals surface area contributed by atoms with Crippen molar-refractivity contribution in [3.63, 3.8) is 0 Å². The van der Waals surface area contributed by atoms with E-state index >= 15 is 0 Å². The highest BCUT2D eigenvalue weighted by Gasteiger charge is 2.07. The molecule has 2 aromatic rings. The number of anilines is 1. The van der Waals surface area contributed by atoms with Crippen LogP contribution < -0.4 is 5.32 Å². The topological polar surface area (TPSA) is 29.1 Å². The standard InChI is InChI=1S/C17H16BrNO/c1-12(10-14-6-4-3-5-7-14)16-11-15(18)8-9-17(16)19-13(2)20/h3-11H,1-2H3,(H,19,20). The van der Waals surface area contributed by atoms with E-state index in [9.17, 15) is 4.79 Å². The van der Waals surface area contributed by atoms with E-state index in [2.05, 4.69) is 39.5 Å². The number of halogens is 1. The Morgan fingerprint density at radius 3 is 2.45 bits per heavy atom. The largest absolute Gasteiger partial charge is 0.326 e. The van der Waals surface area contributed by atoms with Crippen LogP contribution in [0.5, 0.6) is 0 Å². The molecule has 1 N–H and O–H groups in total. The fourth-order valence-electron chi connectivity index (χ4n) is 2.02. The molecule has 0 aliphatic carbocycles. The SMILES string of the molecule is CC(=O)Nc1ccc(Br)cc1C(C)=Cc1ccccc1. The van der Waals surface area contributed by atoms with Gasteiger partial charge in [0.2, 0.25) is 5.91 Å². The zero-order valence-electron chi connectivity index (χ0n) is 11.5. The Balaban J connectivity index is 2.42. The lowest BCUT2D eigenvalue weighted by Crippen LogP contribution is -2.07. The first-order valence-corrected chi connectivity index (χ1v) is 7.16. The van der Waals surface area contributed by atoms with Gasteiger partial charge in [0.05, 0.1) is 0 Å². The first-order valence-electron chi connectivity index (χ1n) is 6.37. The molecule has 3 heteroatoms. The molecule has 2 aromatic carbocycles. The maximum absolute atomic E-state index is 11.3. The summed E-state index contributed by atoms with van der Waals surface area (Å²) < 4.78 is 0.988. The first-order chi connectivity index (χ1) is 9.56. The van der Waals surface area contributed by atoms with Crippen molar-refractivity contribution in [1.29, 1.82) is 0 Å². The van der Waals surface area contributed by atoms with Crippen LogP contribution >= 0.6 is 15.9 Å². The number of benzene rings is 2. The summed E-state index contributed by atoms with van der Waals surface area (Å²) in [4.78, 5) is 11.3. The van der Waals surface area contributed by atoms with Crippen molar-refractivity contribution in [3.05, 3.63) is 64.1 Å². The van der Waals surface area contributed by atoms with Crippen molar-refractivity contribution < 1.29 is 4.79 Å². The van der Waals surface area contributed by atoms with Gasteiger partial charge in [-0.25, -0.2) is 0 Å². The Hall–Kier alpha value is -1.87. The molecule has 0 saturated heterocycles. The molecule has 2 nitrogen and oxygen atoms in total. The van der Waals surface area contributed by atoms with Crippen molar-refractivity contribution in [3.8, 4) is 0 Å². The fraction of sp³-hybridized carbons (Fsp3) is 0.118. The van der Waals surface area contributed by atoms with Gasteiger partial charge in [-0.3, -0.25) is 4.79 Å². The van der Waals surface area contributed by atoms with Gasteiger partial charge in [0.1, 0.15) is 0 Å². The molecule has 0 aromatic heterocycles. The second-order valence-electron chi connectivity index (χ2n) is 4.61. The molecule has 0 unspecified atom stereocenters. The van der Waals surface area contributed by atoms with Crippen LogP contribution in [0.15, 0.2) is 53.0 Å². The van der Waals surface area contributed by atoms with E-state index in [-0.39, 0.29) is 5.91 Å². The molecule has 0 aliphatic heterocycles. The number of allylic oxidation sites excluding steroid dienone is 1. The Morgan fingerprint density at radius 2 is 1.80 bits per heavy atom. The van der Waals surface area contributed by atoms with E-state index in [0.29, 0.717) is 0 Å². The third-order valence-corrected chi connectivity index (χ3v) is 3.39. The second kappa shape index (κ2) is 6.53. The van der Waals surface area contributed by atoms with E-state index in [1.165, 1.54) is 6.92 Å². The van der Waals surface area contributed by atoms with Crippen molar-refractivity contribution in [2.24, 2.45) is 0 Å². The quantitative estimate of drug-likeness (QED) is 0.791. The Morgan fingerprint density at radius 1 is 1.10 bits per heavy atom. The maximum atomic E-state index is 11.3. The van der Waals surface area contributed by atoms with Gasteiger partial charge >= 0.3 is 0 Å². The van der Waals surface area contributed by atoms with Gasteiger partial charge in [-0.2, -0.15) is 0 Å². The number of carbonyl (C=O) groups excluding carboxylic acids is 1. The van der Waals surface area contributed by atoms with Crippen LogP contribution in [0.25, 0.3) is 11.6 Å². The van der Waals surface area contributed by atoms with Gasteiger partial charge in [0.15, 0.2) is 0 Å². The minimum Gasteiger partial charge on any atom is -0.326 e. The highest BCUT2D eigenvalue weighted by Crippen LogP contribution is 2.28. The average molecular weight is 330 g/mol. The molecular weight excluding hydrogens is 314 g/mol. The number of rotatable bonds is 3. The predicted molar refractivity (Wildman–Crippen MR) is 88.4 cm³/mol. The summed E-state index contributed by atoms with van der Waals surface area (Å²) in [6.45, 7) is 3.56. The zero-order chi connectivity index (χ0) is 14.5. The molecular formula is C17H16BrNO. The molecule has 0 atom stereocenters. The number of hydrogen-bond acceptors (Lipinski definition) is 1. The molecule has 0 heterocycles. The van der Waals surface area contributed by atoms with Gasteiger partial charge in [-0.15, -0.1) is 0 Å². The van der Waals surface area contributed by atoms with Crippen molar-refractivity contribution >= 4 is 39.2 Å². The van der Waals surface area contributed by atoms with Crippen LogP contribution in [0.2, 0.25) is 0 Å². The molecule has 0 fully saturated rings. The van der Waals surface area contributed by atoms with E-state index in [1.54, 1.807) is 0 Å². The number of hydrogen-bond donors (Lipinski definition) is 1. The van der Waals surface area contributed by atoms with Crippen molar-refractivity contribution in [2.45, 2.75) is 13.8 Å². The maximum Gasteiger partial charge on any atom is 0.221 e. The molecule has 1 amide bonds. The summed E-state index contributed by atoms with van der Waals surface area (Å²) in [6, 6.07) is 16.0. The first kappa shape index (κ1) is 14.5. The molecule has 20 heavy (non-hydrogen) atoms. The van der Waals surface area contributed by atoms with Crippen molar-refractivity contribution in [1.82, 2.24) is 0 Å². The highest BCUT2D eigenvalue weighted by atomic mass is 79.9. The third kappa shape index (κ3) is 3.81. The van der Waals surface area contributed by atoms with Gasteiger partial charge < -0.3 is 5.32 Å². The molecule has 0 radical (unpaired) electrons. The summed E-state index contributed by atoms with van der Waals surface area (Å²) in [7, 11) is 0. The lowest BCUT2D eigenvalue weighted by atomic mass is 10.0. The van der Waals surface area contributed by atoms with Gasteiger partial charge in [0.25, 0.3) is 0 Å². The van der Waals surface area contributed by atoms with E-state index in [1.807, 2.05) is 43.3 Å². The molecule has 0 bridgehead atoms. The monoisotopic (exact) mass is 329 g/mol.